The molecular formula is C18H25N3O2. The third-order valence-electron chi connectivity index (χ3n) is 5.30. The average Bonchev–Trinajstić information content (AvgIpc) is 3.28. The van der Waals surface area contributed by atoms with E-state index in [0.29, 0.717) is 11.8 Å². The van der Waals surface area contributed by atoms with E-state index < -0.39 is 0 Å². The van der Waals surface area contributed by atoms with Gasteiger partial charge in [-0.05, 0) is 57.2 Å². The minimum atomic E-state index is -0.0322. The van der Waals surface area contributed by atoms with Crippen LogP contribution in [0.4, 0.5) is 0 Å². The largest absolute Gasteiger partial charge is 0.462 e. The van der Waals surface area contributed by atoms with Crippen LogP contribution in [0.5, 0.6) is 0 Å². The number of hydrogen-bond acceptors (Lipinski definition) is 4. The number of hydrogen-bond donors (Lipinski definition) is 1. The Morgan fingerprint density at radius 1 is 1.22 bits per heavy atom. The molecule has 1 aliphatic carbocycles. The van der Waals surface area contributed by atoms with Crippen LogP contribution in [0.1, 0.15) is 60.5 Å². The minimum Gasteiger partial charge on any atom is -0.462 e. The Hall–Kier alpha value is -1.59. The molecule has 1 atom stereocenters. The molecule has 5 heteroatoms. The second kappa shape index (κ2) is 6.13. The van der Waals surface area contributed by atoms with E-state index in [9.17, 15) is 0 Å². The van der Waals surface area contributed by atoms with Crippen molar-refractivity contribution in [2.24, 2.45) is 7.05 Å². The van der Waals surface area contributed by atoms with Crippen LogP contribution in [-0.4, -0.2) is 26.1 Å². The number of aryl methyl sites for hydroxylation is 1. The molecule has 2 aromatic rings. The van der Waals surface area contributed by atoms with Crippen LogP contribution in [-0.2, 0) is 33.0 Å². The summed E-state index contributed by atoms with van der Waals surface area (Å²) in [4.78, 5) is 7.46. The van der Waals surface area contributed by atoms with E-state index in [4.69, 9.17) is 14.5 Å². The fourth-order valence-corrected chi connectivity index (χ4v) is 4.11. The Kier molecular flexibility index (Phi) is 3.99. The van der Waals surface area contributed by atoms with Gasteiger partial charge in [0.1, 0.15) is 24.0 Å². The Morgan fingerprint density at radius 2 is 2.04 bits per heavy atom. The first-order valence-corrected chi connectivity index (χ1v) is 8.73. The predicted octanol–water partition coefficient (Wildman–Crippen LogP) is 2.72. The van der Waals surface area contributed by atoms with Crippen molar-refractivity contribution in [2.75, 3.05) is 6.54 Å². The van der Waals surface area contributed by atoms with Crippen molar-refractivity contribution in [3.63, 3.8) is 0 Å². The number of imidazole rings is 1. The van der Waals surface area contributed by atoms with E-state index in [2.05, 4.69) is 16.5 Å². The van der Waals surface area contributed by atoms with Crippen molar-refractivity contribution in [2.45, 2.75) is 57.7 Å². The molecule has 124 valence electrons. The maximum Gasteiger partial charge on any atom is 0.129 e. The van der Waals surface area contributed by atoms with Gasteiger partial charge in [0.05, 0.1) is 18.3 Å². The smallest absolute Gasteiger partial charge is 0.129 e. The average molecular weight is 315 g/mol. The molecule has 1 fully saturated rings. The number of furan rings is 1. The molecule has 2 aromatic heterocycles. The second-order valence-electron chi connectivity index (χ2n) is 6.78. The quantitative estimate of drug-likeness (QED) is 0.942. The number of aromatic nitrogens is 2. The van der Waals surface area contributed by atoms with Crippen LogP contribution in [0.3, 0.4) is 0 Å². The molecule has 0 bridgehead atoms. The maximum absolute atomic E-state index is 9.15. The van der Waals surface area contributed by atoms with Crippen molar-refractivity contribution in [1.82, 2.24) is 14.5 Å². The molecular weight excluding hydrogens is 290 g/mol. The van der Waals surface area contributed by atoms with Gasteiger partial charge in [-0.15, -0.1) is 0 Å². The van der Waals surface area contributed by atoms with Crippen LogP contribution in [0.25, 0.3) is 0 Å². The van der Waals surface area contributed by atoms with Crippen molar-refractivity contribution >= 4 is 0 Å². The molecule has 0 amide bonds. The SMILES string of the molecule is Cn1c(C2CCCN2Cc2ccc(CO)o2)nc2c1CCCC2. The molecule has 0 saturated carbocycles. The highest BCUT2D eigenvalue weighted by atomic mass is 16.4. The Labute approximate surface area is 136 Å². The molecule has 1 saturated heterocycles. The minimum absolute atomic E-state index is 0.0322. The standard InChI is InChI=1S/C18H25N3O2/c1-20-16-6-3-2-5-15(16)19-18(20)17-7-4-10-21(17)11-13-8-9-14(12-22)23-13/h8-9,17,22H,2-7,10-12H2,1H3. The molecule has 2 aliphatic rings. The molecule has 1 aliphatic heterocycles. The van der Waals surface area contributed by atoms with Crippen molar-refractivity contribution in [3.05, 3.63) is 40.9 Å². The van der Waals surface area contributed by atoms with Crippen LogP contribution in [0.2, 0.25) is 0 Å². The second-order valence-corrected chi connectivity index (χ2v) is 6.78. The van der Waals surface area contributed by atoms with Gasteiger partial charge in [-0.25, -0.2) is 4.98 Å². The van der Waals surface area contributed by atoms with E-state index in [1.165, 1.54) is 42.9 Å². The van der Waals surface area contributed by atoms with Gasteiger partial charge in [0.15, 0.2) is 0 Å². The molecule has 5 nitrogen and oxygen atoms in total. The van der Waals surface area contributed by atoms with Gasteiger partial charge >= 0.3 is 0 Å². The van der Waals surface area contributed by atoms with Gasteiger partial charge in [-0.1, -0.05) is 0 Å². The molecule has 3 heterocycles. The number of aliphatic hydroxyl groups excluding tert-OH is 1. The normalized spacial score (nSPS) is 21.7. The summed E-state index contributed by atoms with van der Waals surface area (Å²) >= 11 is 0. The summed E-state index contributed by atoms with van der Waals surface area (Å²) in [6.07, 6.45) is 7.23. The zero-order chi connectivity index (χ0) is 15.8. The monoisotopic (exact) mass is 315 g/mol. The van der Waals surface area contributed by atoms with E-state index in [0.717, 1.165) is 31.7 Å². The third-order valence-corrected chi connectivity index (χ3v) is 5.30. The Morgan fingerprint density at radius 3 is 2.83 bits per heavy atom. The Bertz CT molecular complexity index is 688. The molecule has 1 unspecified atom stereocenters. The summed E-state index contributed by atoms with van der Waals surface area (Å²) in [5.74, 6) is 2.80. The maximum atomic E-state index is 9.15. The zero-order valence-corrected chi connectivity index (χ0v) is 13.8. The van der Waals surface area contributed by atoms with Crippen LogP contribution >= 0.6 is 0 Å². The highest BCUT2D eigenvalue weighted by molar-refractivity contribution is 5.22. The van der Waals surface area contributed by atoms with Crippen LogP contribution in [0.15, 0.2) is 16.5 Å². The van der Waals surface area contributed by atoms with Crippen LogP contribution in [0, 0.1) is 0 Å². The van der Waals surface area contributed by atoms with E-state index >= 15 is 0 Å². The highest BCUT2D eigenvalue weighted by Crippen LogP contribution is 2.35. The van der Waals surface area contributed by atoms with Gasteiger partial charge in [0.2, 0.25) is 0 Å². The van der Waals surface area contributed by atoms with Gasteiger partial charge in [0, 0.05) is 12.7 Å². The summed E-state index contributed by atoms with van der Waals surface area (Å²) in [6, 6.07) is 4.22. The number of nitrogens with zero attached hydrogens (tertiary/aromatic N) is 3. The first-order chi connectivity index (χ1) is 11.3. The third kappa shape index (κ3) is 2.72. The first kappa shape index (κ1) is 15.0. The molecule has 0 spiro atoms. The highest BCUT2D eigenvalue weighted by Gasteiger charge is 2.31. The number of fused-ring (bicyclic) bond motifs is 1. The van der Waals surface area contributed by atoms with Crippen molar-refractivity contribution in [3.8, 4) is 0 Å². The molecule has 0 aromatic carbocycles. The summed E-state index contributed by atoms with van der Waals surface area (Å²) in [5, 5.41) is 9.15. The molecule has 4 rings (SSSR count). The number of likely N-dealkylation sites (tertiary alicyclic amines) is 1. The lowest BCUT2D eigenvalue weighted by Gasteiger charge is -2.23. The molecule has 1 N–H and O–H groups in total. The summed E-state index contributed by atoms with van der Waals surface area (Å²) < 4.78 is 8.02. The lowest BCUT2D eigenvalue weighted by molar-refractivity contribution is 0.203. The summed E-state index contributed by atoms with van der Waals surface area (Å²) in [5.41, 5.74) is 2.76. The summed E-state index contributed by atoms with van der Waals surface area (Å²) in [7, 11) is 2.18. The van der Waals surface area contributed by atoms with E-state index in [1.54, 1.807) is 0 Å². The van der Waals surface area contributed by atoms with Gasteiger partial charge in [0.25, 0.3) is 0 Å². The van der Waals surface area contributed by atoms with E-state index in [-0.39, 0.29) is 6.61 Å². The fraction of sp³-hybridized carbons (Fsp3) is 0.611. The predicted molar refractivity (Wildman–Crippen MR) is 86.9 cm³/mol. The van der Waals surface area contributed by atoms with Crippen molar-refractivity contribution < 1.29 is 9.52 Å². The fourth-order valence-electron chi connectivity index (χ4n) is 4.11. The van der Waals surface area contributed by atoms with Gasteiger partial charge in [-0.3, -0.25) is 4.90 Å². The van der Waals surface area contributed by atoms with Gasteiger partial charge < -0.3 is 14.1 Å². The lowest BCUT2D eigenvalue weighted by Crippen LogP contribution is -2.25. The molecule has 0 radical (unpaired) electrons. The Balaban J connectivity index is 1.56. The number of aliphatic hydroxyl groups is 1. The van der Waals surface area contributed by atoms with E-state index in [1.807, 2.05) is 12.1 Å². The number of rotatable bonds is 4. The lowest BCUT2D eigenvalue weighted by atomic mass is 10.0. The van der Waals surface area contributed by atoms with Crippen LogP contribution < -0.4 is 0 Å². The topological polar surface area (TPSA) is 54.4 Å². The van der Waals surface area contributed by atoms with Gasteiger partial charge in [-0.2, -0.15) is 0 Å². The summed E-state index contributed by atoms with van der Waals surface area (Å²) in [6.45, 7) is 1.84. The first-order valence-electron chi connectivity index (χ1n) is 8.73. The van der Waals surface area contributed by atoms with Crippen molar-refractivity contribution in [1.29, 1.82) is 0 Å². The molecule has 23 heavy (non-hydrogen) atoms. The zero-order valence-electron chi connectivity index (χ0n) is 13.8.